The molecular weight excluding hydrogens is 366 g/mol. The number of carbonyl (C=O) groups is 2. The van der Waals surface area contributed by atoms with E-state index in [4.69, 9.17) is 4.74 Å². The van der Waals surface area contributed by atoms with Crippen molar-refractivity contribution in [2.45, 2.75) is 25.8 Å². The Balaban J connectivity index is 1.34. The monoisotopic (exact) mass is 393 g/mol. The summed E-state index contributed by atoms with van der Waals surface area (Å²) in [7, 11) is 1.58. The van der Waals surface area contributed by atoms with Crippen molar-refractivity contribution in [3.8, 4) is 5.75 Å². The number of methoxy groups -OCH3 is 1. The highest BCUT2D eigenvalue weighted by molar-refractivity contribution is 6.01. The maximum atomic E-state index is 12.6. The molecule has 6 heteroatoms. The Hall–Kier alpha value is -3.02. The van der Waals surface area contributed by atoms with E-state index in [1.54, 1.807) is 12.0 Å². The number of amides is 2. The fourth-order valence-electron chi connectivity index (χ4n) is 4.10. The van der Waals surface area contributed by atoms with Crippen molar-refractivity contribution in [1.82, 2.24) is 5.32 Å². The van der Waals surface area contributed by atoms with E-state index in [0.29, 0.717) is 24.5 Å². The average Bonchev–Trinajstić information content (AvgIpc) is 3.42. The second-order valence-electron chi connectivity index (χ2n) is 7.66. The number of ether oxygens (including phenoxy) is 1. The lowest BCUT2D eigenvalue weighted by Gasteiger charge is -2.19. The predicted molar refractivity (Wildman–Crippen MR) is 113 cm³/mol. The molecular formula is C23H27N3O3. The van der Waals surface area contributed by atoms with Crippen LogP contribution in [0.4, 0.5) is 11.4 Å². The van der Waals surface area contributed by atoms with E-state index in [0.717, 1.165) is 18.7 Å². The summed E-state index contributed by atoms with van der Waals surface area (Å²) in [6.45, 7) is 3.08. The summed E-state index contributed by atoms with van der Waals surface area (Å²) in [5.74, 6) is 0.153. The number of carbonyl (C=O) groups excluding carboxylic acids is 2. The SMILES string of the molecule is COc1ccccc1N1CC(C(=O)NCc2ccc(N3CCCC3)cc2)CC1=O. The highest BCUT2D eigenvalue weighted by atomic mass is 16.5. The molecule has 2 aromatic carbocycles. The van der Waals surface area contributed by atoms with Crippen LogP contribution in [0.3, 0.4) is 0 Å². The summed E-state index contributed by atoms with van der Waals surface area (Å²) >= 11 is 0. The van der Waals surface area contributed by atoms with Gasteiger partial charge in [-0.3, -0.25) is 9.59 Å². The predicted octanol–water partition coefficient (Wildman–Crippen LogP) is 2.96. The molecule has 2 amide bonds. The van der Waals surface area contributed by atoms with Gasteiger partial charge in [-0.2, -0.15) is 0 Å². The van der Waals surface area contributed by atoms with E-state index in [1.165, 1.54) is 18.5 Å². The molecule has 6 nitrogen and oxygen atoms in total. The van der Waals surface area contributed by atoms with Gasteiger partial charge in [0.15, 0.2) is 0 Å². The molecule has 2 aliphatic rings. The smallest absolute Gasteiger partial charge is 0.227 e. The zero-order chi connectivity index (χ0) is 20.2. The molecule has 1 N–H and O–H groups in total. The van der Waals surface area contributed by atoms with Crippen LogP contribution in [0.1, 0.15) is 24.8 Å². The number of rotatable bonds is 6. The molecule has 2 saturated heterocycles. The maximum absolute atomic E-state index is 12.6. The second-order valence-corrected chi connectivity index (χ2v) is 7.66. The van der Waals surface area contributed by atoms with Crippen molar-refractivity contribution < 1.29 is 14.3 Å². The summed E-state index contributed by atoms with van der Waals surface area (Å²) in [5, 5.41) is 2.99. The van der Waals surface area contributed by atoms with E-state index in [1.807, 2.05) is 24.3 Å². The van der Waals surface area contributed by atoms with Gasteiger partial charge in [-0.05, 0) is 42.7 Å². The van der Waals surface area contributed by atoms with Crippen LogP contribution in [-0.4, -0.2) is 38.6 Å². The molecule has 0 spiro atoms. The van der Waals surface area contributed by atoms with Gasteiger partial charge in [0.25, 0.3) is 0 Å². The third-order valence-electron chi connectivity index (χ3n) is 5.75. The van der Waals surface area contributed by atoms with Crippen molar-refractivity contribution in [1.29, 1.82) is 0 Å². The molecule has 2 fully saturated rings. The number of nitrogens with one attached hydrogen (secondary N) is 1. The summed E-state index contributed by atoms with van der Waals surface area (Å²) < 4.78 is 5.36. The Bertz CT molecular complexity index is 875. The van der Waals surface area contributed by atoms with Crippen LogP contribution in [0.2, 0.25) is 0 Å². The molecule has 1 atom stereocenters. The number of hydrogen-bond acceptors (Lipinski definition) is 4. The fraction of sp³-hybridized carbons (Fsp3) is 0.391. The van der Waals surface area contributed by atoms with E-state index >= 15 is 0 Å². The standard InChI is InChI=1S/C23H27N3O3/c1-29-21-7-3-2-6-20(21)26-16-18(14-22(26)27)23(28)24-15-17-8-10-19(11-9-17)25-12-4-5-13-25/h2-3,6-11,18H,4-5,12-16H2,1H3,(H,24,28). The highest BCUT2D eigenvalue weighted by Crippen LogP contribution is 2.32. The van der Waals surface area contributed by atoms with Gasteiger partial charge in [0, 0.05) is 38.3 Å². The molecule has 0 aromatic heterocycles. The third kappa shape index (κ3) is 4.21. The molecule has 0 saturated carbocycles. The maximum Gasteiger partial charge on any atom is 0.227 e. The van der Waals surface area contributed by atoms with Gasteiger partial charge in [-0.25, -0.2) is 0 Å². The van der Waals surface area contributed by atoms with Crippen molar-refractivity contribution in [3.63, 3.8) is 0 Å². The Labute approximate surface area is 171 Å². The molecule has 2 aromatic rings. The minimum atomic E-state index is -0.351. The van der Waals surface area contributed by atoms with Crippen LogP contribution in [0.15, 0.2) is 48.5 Å². The van der Waals surface area contributed by atoms with Gasteiger partial charge in [0.05, 0.1) is 18.7 Å². The number of hydrogen-bond donors (Lipinski definition) is 1. The van der Waals surface area contributed by atoms with Gasteiger partial charge in [0.1, 0.15) is 5.75 Å². The van der Waals surface area contributed by atoms with E-state index in [2.05, 4.69) is 34.5 Å². The second kappa shape index (κ2) is 8.55. The van der Waals surface area contributed by atoms with Crippen molar-refractivity contribution in [3.05, 3.63) is 54.1 Å². The van der Waals surface area contributed by atoms with Gasteiger partial charge in [0.2, 0.25) is 11.8 Å². The van der Waals surface area contributed by atoms with Crippen LogP contribution < -0.4 is 19.9 Å². The normalized spacial score (nSPS) is 18.9. The summed E-state index contributed by atoms with van der Waals surface area (Å²) in [6, 6.07) is 15.8. The number of benzene rings is 2. The first-order valence-corrected chi connectivity index (χ1v) is 10.2. The van der Waals surface area contributed by atoms with Gasteiger partial charge < -0.3 is 19.9 Å². The number of anilines is 2. The number of para-hydroxylation sites is 2. The van der Waals surface area contributed by atoms with Crippen molar-refractivity contribution in [2.75, 3.05) is 36.5 Å². The van der Waals surface area contributed by atoms with E-state index in [-0.39, 0.29) is 24.2 Å². The van der Waals surface area contributed by atoms with Crippen molar-refractivity contribution >= 4 is 23.2 Å². The quantitative estimate of drug-likeness (QED) is 0.820. The first kappa shape index (κ1) is 19.3. The molecule has 0 radical (unpaired) electrons. The topological polar surface area (TPSA) is 61.9 Å². The largest absolute Gasteiger partial charge is 0.495 e. The molecule has 2 aliphatic heterocycles. The molecule has 0 aliphatic carbocycles. The third-order valence-corrected chi connectivity index (χ3v) is 5.75. The zero-order valence-electron chi connectivity index (χ0n) is 16.8. The fourth-order valence-corrected chi connectivity index (χ4v) is 4.10. The highest BCUT2D eigenvalue weighted by Gasteiger charge is 2.36. The van der Waals surface area contributed by atoms with Crippen LogP contribution >= 0.6 is 0 Å². The molecule has 0 bridgehead atoms. The summed E-state index contributed by atoms with van der Waals surface area (Å²) in [5.41, 5.74) is 3.02. The molecule has 2 heterocycles. The van der Waals surface area contributed by atoms with Gasteiger partial charge in [-0.15, -0.1) is 0 Å². The first-order chi connectivity index (χ1) is 14.2. The van der Waals surface area contributed by atoms with E-state index in [9.17, 15) is 9.59 Å². The molecule has 29 heavy (non-hydrogen) atoms. The minimum Gasteiger partial charge on any atom is -0.495 e. The van der Waals surface area contributed by atoms with Crippen LogP contribution in [-0.2, 0) is 16.1 Å². The first-order valence-electron chi connectivity index (χ1n) is 10.2. The van der Waals surface area contributed by atoms with Crippen LogP contribution in [0.25, 0.3) is 0 Å². The molecule has 4 rings (SSSR count). The Morgan fingerprint density at radius 3 is 2.55 bits per heavy atom. The minimum absolute atomic E-state index is 0.0513. The number of nitrogens with zero attached hydrogens (tertiary/aromatic N) is 2. The lowest BCUT2D eigenvalue weighted by molar-refractivity contribution is -0.126. The Kier molecular flexibility index (Phi) is 5.69. The van der Waals surface area contributed by atoms with Gasteiger partial charge in [-0.1, -0.05) is 24.3 Å². The summed E-state index contributed by atoms with van der Waals surface area (Å²) in [4.78, 5) is 29.2. The summed E-state index contributed by atoms with van der Waals surface area (Å²) in [6.07, 6.45) is 2.73. The lowest BCUT2D eigenvalue weighted by Crippen LogP contribution is -2.32. The molecule has 1 unspecified atom stereocenters. The lowest BCUT2D eigenvalue weighted by atomic mass is 10.1. The van der Waals surface area contributed by atoms with Gasteiger partial charge >= 0.3 is 0 Å². The Morgan fingerprint density at radius 2 is 1.83 bits per heavy atom. The average molecular weight is 393 g/mol. The molecule has 152 valence electrons. The van der Waals surface area contributed by atoms with E-state index < -0.39 is 0 Å². The zero-order valence-corrected chi connectivity index (χ0v) is 16.8. The van der Waals surface area contributed by atoms with Crippen LogP contribution in [0, 0.1) is 5.92 Å². The van der Waals surface area contributed by atoms with Crippen LogP contribution in [0.5, 0.6) is 5.75 Å². The van der Waals surface area contributed by atoms with Crippen molar-refractivity contribution in [2.24, 2.45) is 5.92 Å². The Morgan fingerprint density at radius 1 is 1.10 bits per heavy atom.